The molecule has 110 valence electrons. The van der Waals surface area contributed by atoms with E-state index in [-0.39, 0.29) is 23.9 Å². The number of nitro benzene ring substituents is 1. The van der Waals surface area contributed by atoms with Crippen LogP contribution in [-0.2, 0) is 9.47 Å². The molecule has 0 aromatic heterocycles. The van der Waals surface area contributed by atoms with Crippen LogP contribution in [-0.4, -0.2) is 36.9 Å². The molecule has 3 unspecified atom stereocenters. The van der Waals surface area contributed by atoms with E-state index >= 15 is 0 Å². The first-order valence-corrected chi connectivity index (χ1v) is 6.79. The Morgan fingerprint density at radius 1 is 1.55 bits per heavy atom. The van der Waals surface area contributed by atoms with E-state index in [1.165, 1.54) is 18.2 Å². The molecule has 20 heavy (non-hydrogen) atoms. The summed E-state index contributed by atoms with van der Waals surface area (Å²) in [5.41, 5.74) is 0.550. The summed E-state index contributed by atoms with van der Waals surface area (Å²) >= 11 is 6.06. The van der Waals surface area contributed by atoms with E-state index in [9.17, 15) is 10.1 Å². The minimum absolute atomic E-state index is 0.00606. The van der Waals surface area contributed by atoms with E-state index < -0.39 is 4.92 Å². The summed E-state index contributed by atoms with van der Waals surface area (Å²) in [5, 5.41) is 14.4. The van der Waals surface area contributed by atoms with E-state index in [0.717, 1.165) is 6.42 Å². The number of hydrogen-bond acceptors (Lipinski definition) is 5. The third-order valence-electron chi connectivity index (χ3n) is 3.40. The molecule has 0 spiro atoms. The average molecular weight is 301 g/mol. The second kappa shape index (κ2) is 6.39. The Morgan fingerprint density at radius 2 is 2.30 bits per heavy atom. The lowest BCUT2D eigenvalue weighted by Gasteiger charge is -2.43. The van der Waals surface area contributed by atoms with Crippen molar-refractivity contribution in [2.45, 2.75) is 31.6 Å². The lowest BCUT2D eigenvalue weighted by atomic mass is 9.85. The average Bonchev–Trinajstić information content (AvgIpc) is 2.39. The van der Waals surface area contributed by atoms with Crippen LogP contribution in [0.5, 0.6) is 0 Å². The number of rotatable bonds is 6. The van der Waals surface area contributed by atoms with Crippen LogP contribution < -0.4 is 5.32 Å². The van der Waals surface area contributed by atoms with Crippen molar-refractivity contribution in [3.05, 3.63) is 33.3 Å². The quantitative estimate of drug-likeness (QED) is 0.646. The highest BCUT2D eigenvalue weighted by atomic mass is 35.5. The zero-order chi connectivity index (χ0) is 14.7. The molecular formula is C13H17ClN2O4. The summed E-state index contributed by atoms with van der Waals surface area (Å²) in [7, 11) is 1.62. The summed E-state index contributed by atoms with van der Waals surface area (Å²) in [6, 6.07) is 4.37. The van der Waals surface area contributed by atoms with Crippen molar-refractivity contribution in [3.63, 3.8) is 0 Å². The Labute approximate surface area is 122 Å². The van der Waals surface area contributed by atoms with Gasteiger partial charge in [0.1, 0.15) is 6.10 Å². The van der Waals surface area contributed by atoms with Crippen LogP contribution in [0.25, 0.3) is 0 Å². The first kappa shape index (κ1) is 15.0. The Morgan fingerprint density at radius 3 is 2.90 bits per heavy atom. The van der Waals surface area contributed by atoms with Crippen LogP contribution in [0.15, 0.2) is 18.2 Å². The van der Waals surface area contributed by atoms with Crippen molar-refractivity contribution in [2.75, 3.05) is 19.0 Å². The van der Waals surface area contributed by atoms with Gasteiger partial charge in [-0.3, -0.25) is 10.1 Å². The molecule has 0 aliphatic heterocycles. The number of hydrogen-bond donors (Lipinski definition) is 1. The monoisotopic (exact) mass is 300 g/mol. The molecule has 1 aliphatic rings. The van der Waals surface area contributed by atoms with Gasteiger partial charge in [0, 0.05) is 25.8 Å². The molecule has 0 heterocycles. The van der Waals surface area contributed by atoms with E-state index in [1.807, 2.05) is 6.92 Å². The van der Waals surface area contributed by atoms with Gasteiger partial charge >= 0.3 is 0 Å². The van der Waals surface area contributed by atoms with E-state index in [0.29, 0.717) is 17.3 Å². The number of ether oxygens (including phenoxy) is 2. The van der Waals surface area contributed by atoms with E-state index in [4.69, 9.17) is 21.1 Å². The SMILES string of the molecule is CCOC1CC(Nc2cc([N+](=O)[O-])ccc2Cl)C1OC. The highest BCUT2D eigenvalue weighted by Crippen LogP contribution is 2.33. The van der Waals surface area contributed by atoms with Crippen LogP contribution in [0.1, 0.15) is 13.3 Å². The fourth-order valence-electron chi connectivity index (χ4n) is 2.35. The number of anilines is 1. The van der Waals surface area contributed by atoms with E-state index in [2.05, 4.69) is 5.32 Å². The molecule has 0 bridgehead atoms. The number of non-ortho nitro benzene ring substituents is 1. The molecule has 1 N–H and O–H groups in total. The summed E-state index contributed by atoms with van der Waals surface area (Å²) in [4.78, 5) is 10.3. The van der Waals surface area contributed by atoms with Crippen LogP contribution >= 0.6 is 11.6 Å². The van der Waals surface area contributed by atoms with Crippen LogP contribution in [0, 0.1) is 10.1 Å². The van der Waals surface area contributed by atoms with Crippen molar-refractivity contribution in [3.8, 4) is 0 Å². The largest absolute Gasteiger partial charge is 0.378 e. The number of nitrogens with one attached hydrogen (secondary N) is 1. The normalized spacial score (nSPS) is 25.1. The molecule has 2 rings (SSSR count). The minimum Gasteiger partial charge on any atom is -0.378 e. The van der Waals surface area contributed by atoms with Crippen LogP contribution in [0.3, 0.4) is 0 Å². The fourth-order valence-corrected chi connectivity index (χ4v) is 2.53. The molecule has 6 nitrogen and oxygen atoms in total. The van der Waals surface area contributed by atoms with Gasteiger partial charge in [0.15, 0.2) is 0 Å². The lowest BCUT2D eigenvalue weighted by Crippen LogP contribution is -2.56. The second-order valence-corrected chi connectivity index (χ2v) is 5.01. The molecule has 1 fully saturated rings. The van der Waals surface area contributed by atoms with Gasteiger partial charge in [0.05, 0.1) is 27.8 Å². The predicted molar refractivity (Wildman–Crippen MR) is 76.3 cm³/mol. The molecule has 0 amide bonds. The lowest BCUT2D eigenvalue weighted by molar-refractivity contribution is -0.384. The molecule has 1 aromatic rings. The molecule has 1 saturated carbocycles. The number of halogens is 1. The van der Waals surface area contributed by atoms with Crippen LogP contribution in [0.2, 0.25) is 5.02 Å². The van der Waals surface area contributed by atoms with Crippen LogP contribution in [0.4, 0.5) is 11.4 Å². The summed E-state index contributed by atoms with van der Waals surface area (Å²) in [6.07, 6.45) is 0.760. The third-order valence-corrected chi connectivity index (χ3v) is 3.73. The van der Waals surface area contributed by atoms with Crippen molar-refractivity contribution >= 4 is 23.0 Å². The van der Waals surface area contributed by atoms with Gasteiger partial charge in [0.25, 0.3) is 5.69 Å². The Hall–Kier alpha value is -1.37. The fraction of sp³-hybridized carbons (Fsp3) is 0.538. The van der Waals surface area contributed by atoms with Gasteiger partial charge in [-0.2, -0.15) is 0 Å². The molecule has 0 radical (unpaired) electrons. The standard InChI is InChI=1S/C13H17ClN2O4/c1-3-20-12-7-11(13(12)19-2)15-10-6-8(16(17)18)4-5-9(10)14/h4-6,11-13,15H,3,7H2,1-2H3. The first-order valence-electron chi connectivity index (χ1n) is 6.41. The van der Waals surface area contributed by atoms with Gasteiger partial charge in [-0.1, -0.05) is 11.6 Å². The van der Waals surface area contributed by atoms with Gasteiger partial charge in [0.2, 0.25) is 0 Å². The zero-order valence-corrected chi connectivity index (χ0v) is 12.1. The maximum absolute atomic E-state index is 10.8. The Bertz CT molecular complexity index is 497. The second-order valence-electron chi connectivity index (χ2n) is 4.60. The molecule has 1 aliphatic carbocycles. The van der Waals surface area contributed by atoms with Crippen molar-refractivity contribution in [1.82, 2.24) is 0 Å². The van der Waals surface area contributed by atoms with Gasteiger partial charge in [-0.25, -0.2) is 0 Å². The number of methoxy groups -OCH3 is 1. The van der Waals surface area contributed by atoms with Gasteiger partial charge in [-0.05, 0) is 19.4 Å². The molecule has 1 aromatic carbocycles. The molecule has 3 atom stereocenters. The highest BCUT2D eigenvalue weighted by Gasteiger charge is 2.42. The Kier molecular flexibility index (Phi) is 4.80. The van der Waals surface area contributed by atoms with Crippen molar-refractivity contribution in [1.29, 1.82) is 0 Å². The van der Waals surface area contributed by atoms with Crippen molar-refractivity contribution in [2.24, 2.45) is 0 Å². The molecule has 7 heteroatoms. The van der Waals surface area contributed by atoms with Crippen molar-refractivity contribution < 1.29 is 14.4 Å². The smallest absolute Gasteiger partial charge is 0.271 e. The summed E-state index contributed by atoms with van der Waals surface area (Å²) in [5.74, 6) is 0. The number of nitro groups is 1. The van der Waals surface area contributed by atoms with E-state index in [1.54, 1.807) is 7.11 Å². The number of benzene rings is 1. The molecular weight excluding hydrogens is 284 g/mol. The maximum atomic E-state index is 10.8. The maximum Gasteiger partial charge on any atom is 0.271 e. The minimum atomic E-state index is -0.445. The van der Waals surface area contributed by atoms with Gasteiger partial charge < -0.3 is 14.8 Å². The topological polar surface area (TPSA) is 73.6 Å². The summed E-state index contributed by atoms with van der Waals surface area (Å²) < 4.78 is 10.9. The van der Waals surface area contributed by atoms with Gasteiger partial charge in [-0.15, -0.1) is 0 Å². The highest BCUT2D eigenvalue weighted by molar-refractivity contribution is 6.33. The third kappa shape index (κ3) is 3.03. The molecule has 0 saturated heterocycles. The predicted octanol–water partition coefficient (Wildman–Crippen LogP) is 2.85. The zero-order valence-electron chi connectivity index (χ0n) is 11.3. The Balaban J connectivity index is 2.07. The summed E-state index contributed by atoms with van der Waals surface area (Å²) in [6.45, 7) is 2.57. The number of nitrogens with zero attached hydrogens (tertiary/aromatic N) is 1. The first-order chi connectivity index (χ1) is 9.56.